The molecule has 2 atom stereocenters. The maximum Gasteiger partial charge on any atom is 0.0616 e. The lowest BCUT2D eigenvalue weighted by molar-refractivity contribution is 0.742. The number of para-hydroxylation sites is 1. The van der Waals surface area contributed by atoms with Gasteiger partial charge in [-0.15, -0.1) is 0 Å². The van der Waals surface area contributed by atoms with Crippen LogP contribution in [0.3, 0.4) is 0 Å². The molecule has 2 heteroatoms. The molecule has 0 aliphatic heterocycles. The van der Waals surface area contributed by atoms with Crippen molar-refractivity contribution in [3.05, 3.63) is 241 Å². The summed E-state index contributed by atoms with van der Waals surface area (Å²) >= 11 is 0. The molecule has 0 bridgehead atoms. The third-order valence-electron chi connectivity index (χ3n) is 13.2. The first-order chi connectivity index (χ1) is 30.8. The first-order valence-electron chi connectivity index (χ1n) is 21.9. The minimum absolute atomic E-state index is 0.115. The first kappa shape index (κ1) is 36.2. The number of rotatable bonds is 7. The Balaban J connectivity index is 0.948. The maximum atomic E-state index is 2.58. The van der Waals surface area contributed by atoms with Gasteiger partial charge in [-0.05, 0) is 104 Å². The Morgan fingerprint density at radius 2 is 1.03 bits per heavy atom. The van der Waals surface area contributed by atoms with Crippen LogP contribution in [0.4, 0.5) is 11.4 Å². The highest BCUT2D eigenvalue weighted by Crippen LogP contribution is 2.47. The number of hydrogen-bond acceptors (Lipinski definition) is 1. The average Bonchev–Trinajstić information content (AvgIpc) is 3.70. The fourth-order valence-corrected chi connectivity index (χ4v) is 10.4. The van der Waals surface area contributed by atoms with E-state index in [9.17, 15) is 0 Å². The largest absolute Gasteiger partial charge is 0.334 e. The molecule has 2 nitrogen and oxygen atoms in total. The number of anilines is 2. The van der Waals surface area contributed by atoms with Crippen molar-refractivity contribution in [3.63, 3.8) is 0 Å². The monoisotopic (exact) mass is 792 g/mol. The molecule has 1 heterocycles. The lowest BCUT2D eigenvalue weighted by Crippen LogP contribution is -2.31. The lowest BCUT2D eigenvalue weighted by Gasteiger charge is -2.35. The molecule has 12 rings (SSSR count). The second kappa shape index (κ2) is 15.1. The van der Waals surface area contributed by atoms with E-state index in [1.54, 1.807) is 0 Å². The Morgan fingerprint density at radius 1 is 0.435 bits per heavy atom. The van der Waals surface area contributed by atoms with Crippen LogP contribution in [0.2, 0.25) is 0 Å². The zero-order valence-corrected chi connectivity index (χ0v) is 34.4. The van der Waals surface area contributed by atoms with Gasteiger partial charge in [0.15, 0.2) is 0 Å². The normalized spacial score (nSPS) is 15.9. The second-order valence-corrected chi connectivity index (χ2v) is 16.7. The molecule has 0 amide bonds. The van der Waals surface area contributed by atoms with Gasteiger partial charge in [0, 0.05) is 39.1 Å². The highest BCUT2D eigenvalue weighted by Gasteiger charge is 2.31. The van der Waals surface area contributed by atoms with Crippen molar-refractivity contribution in [1.29, 1.82) is 0 Å². The Morgan fingerprint density at radius 3 is 1.81 bits per heavy atom. The quantitative estimate of drug-likeness (QED) is 0.156. The minimum Gasteiger partial charge on any atom is -0.334 e. The van der Waals surface area contributed by atoms with Crippen LogP contribution in [0.15, 0.2) is 230 Å². The van der Waals surface area contributed by atoms with Crippen LogP contribution >= 0.6 is 0 Å². The van der Waals surface area contributed by atoms with Crippen LogP contribution in [-0.2, 0) is 0 Å². The van der Waals surface area contributed by atoms with Crippen molar-refractivity contribution in [3.8, 4) is 27.9 Å². The van der Waals surface area contributed by atoms with E-state index >= 15 is 0 Å². The predicted molar refractivity (Wildman–Crippen MR) is 264 cm³/mol. The van der Waals surface area contributed by atoms with Gasteiger partial charge in [0.1, 0.15) is 0 Å². The summed E-state index contributed by atoms with van der Waals surface area (Å²) in [5, 5.41) is 8.93. The molecule has 10 aromatic rings. The van der Waals surface area contributed by atoms with E-state index in [0.717, 1.165) is 12.8 Å². The molecule has 0 saturated heterocycles. The molecule has 2 aliphatic carbocycles. The van der Waals surface area contributed by atoms with Crippen molar-refractivity contribution in [2.45, 2.75) is 24.8 Å². The summed E-state index contributed by atoms with van der Waals surface area (Å²) in [4.78, 5) is 2.58. The number of hydrogen-bond donors (Lipinski definition) is 0. The molecule has 0 spiro atoms. The zero-order valence-electron chi connectivity index (χ0n) is 34.4. The number of benzene rings is 9. The van der Waals surface area contributed by atoms with Crippen molar-refractivity contribution in [2.75, 3.05) is 4.90 Å². The number of fused-ring (bicyclic) bond motifs is 7. The van der Waals surface area contributed by atoms with E-state index in [0.29, 0.717) is 0 Å². The molecule has 9 aromatic carbocycles. The van der Waals surface area contributed by atoms with E-state index in [1.165, 1.54) is 99.4 Å². The van der Waals surface area contributed by atoms with Crippen LogP contribution < -0.4 is 4.90 Å². The fraction of sp³-hybridized carbons (Fsp3) is 0.0667. The fourth-order valence-electron chi connectivity index (χ4n) is 10.4. The molecule has 1 aromatic heterocycles. The molecule has 294 valence electrons. The van der Waals surface area contributed by atoms with Crippen LogP contribution in [0.25, 0.3) is 77.2 Å². The third-order valence-corrected chi connectivity index (χ3v) is 13.2. The van der Waals surface area contributed by atoms with Crippen molar-refractivity contribution in [2.24, 2.45) is 0 Å². The summed E-state index contributed by atoms with van der Waals surface area (Å²) in [6.07, 6.45) is 14.0. The van der Waals surface area contributed by atoms with Gasteiger partial charge in [-0.1, -0.05) is 194 Å². The Bertz CT molecular complexity index is 3390. The summed E-state index contributed by atoms with van der Waals surface area (Å²) in [6, 6.07) is 73.5. The van der Waals surface area contributed by atoms with Gasteiger partial charge in [-0.25, -0.2) is 0 Å². The molecule has 0 radical (unpaired) electrons. The number of aromatic nitrogens is 1. The molecule has 0 saturated carbocycles. The standard InChI is InChI=1S/C60H44N2/c1-2-20-48(21-3-1)62-58-29-13-27-54(59(58)56-39-36-45-16-6-9-25-55(45)60(56)62)47-19-10-22-50(40-47)61(57-28-12-18-44-15-5-8-24-53(44)57)49-37-34-42(35-38-49)41-30-32-46(33-31-41)52-26-11-17-43-14-4-7-23-51(43)52/h1-21,23-26,28-40,50,54H,22,27H2. The van der Waals surface area contributed by atoms with E-state index in [1.807, 2.05) is 0 Å². The van der Waals surface area contributed by atoms with E-state index in [4.69, 9.17) is 0 Å². The SMILES string of the molecule is C1=Cc2c(c3ccc4ccccc4c3n2-c2ccccc2)C(C2=CC(N(c3ccc(-c4ccc(-c5cccc6ccccc56)cc4)cc3)c3cccc4ccccc34)CC=C2)C1. The Labute approximate surface area is 362 Å². The maximum absolute atomic E-state index is 2.58. The highest BCUT2D eigenvalue weighted by molar-refractivity contribution is 6.10. The predicted octanol–water partition coefficient (Wildman–Crippen LogP) is 16.0. The van der Waals surface area contributed by atoms with Gasteiger partial charge in [-0.2, -0.15) is 0 Å². The Kier molecular flexibility index (Phi) is 8.81. The topological polar surface area (TPSA) is 8.17 Å². The van der Waals surface area contributed by atoms with Gasteiger partial charge < -0.3 is 9.47 Å². The molecule has 2 unspecified atom stereocenters. The average molecular weight is 793 g/mol. The van der Waals surface area contributed by atoms with Crippen molar-refractivity contribution in [1.82, 2.24) is 4.57 Å². The zero-order chi connectivity index (χ0) is 41.0. The molecule has 0 N–H and O–H groups in total. The third kappa shape index (κ3) is 6.10. The van der Waals surface area contributed by atoms with Crippen LogP contribution in [0.5, 0.6) is 0 Å². The van der Waals surface area contributed by atoms with Crippen LogP contribution in [0.1, 0.15) is 30.0 Å². The minimum atomic E-state index is 0.115. The van der Waals surface area contributed by atoms with Crippen molar-refractivity contribution >= 4 is 60.7 Å². The Hall–Kier alpha value is -7.68. The molecule has 0 fully saturated rings. The summed E-state index contributed by atoms with van der Waals surface area (Å²) in [5.74, 6) is 0.219. The highest BCUT2D eigenvalue weighted by atomic mass is 15.2. The molecular weight excluding hydrogens is 749 g/mol. The second-order valence-electron chi connectivity index (χ2n) is 16.7. The number of nitrogens with zero attached hydrogens (tertiary/aromatic N) is 2. The van der Waals surface area contributed by atoms with E-state index in [2.05, 4.69) is 240 Å². The summed E-state index contributed by atoms with van der Waals surface area (Å²) in [6.45, 7) is 0. The molecule has 62 heavy (non-hydrogen) atoms. The summed E-state index contributed by atoms with van der Waals surface area (Å²) < 4.78 is 2.50. The van der Waals surface area contributed by atoms with Crippen LogP contribution in [-0.4, -0.2) is 10.6 Å². The smallest absolute Gasteiger partial charge is 0.0616 e. The molecule has 2 aliphatic rings. The number of allylic oxidation sites excluding steroid dienone is 3. The van der Waals surface area contributed by atoms with E-state index < -0.39 is 0 Å². The van der Waals surface area contributed by atoms with Crippen molar-refractivity contribution < 1.29 is 0 Å². The summed E-state index contributed by atoms with van der Waals surface area (Å²) in [5.41, 5.74) is 13.9. The first-order valence-corrected chi connectivity index (χ1v) is 21.9. The van der Waals surface area contributed by atoms with Gasteiger partial charge in [0.05, 0.1) is 17.3 Å². The van der Waals surface area contributed by atoms with Gasteiger partial charge in [-0.3, -0.25) is 0 Å². The summed E-state index contributed by atoms with van der Waals surface area (Å²) in [7, 11) is 0. The lowest BCUT2D eigenvalue weighted by atomic mass is 9.80. The van der Waals surface area contributed by atoms with Gasteiger partial charge in [0.2, 0.25) is 0 Å². The van der Waals surface area contributed by atoms with Crippen LogP contribution in [0, 0.1) is 0 Å². The van der Waals surface area contributed by atoms with Gasteiger partial charge in [0.25, 0.3) is 0 Å². The van der Waals surface area contributed by atoms with Gasteiger partial charge >= 0.3 is 0 Å². The van der Waals surface area contributed by atoms with E-state index in [-0.39, 0.29) is 12.0 Å². The molecular formula is C60H44N2.